The van der Waals surface area contributed by atoms with Crippen molar-refractivity contribution in [1.29, 1.82) is 0 Å². The van der Waals surface area contributed by atoms with E-state index in [0.29, 0.717) is 10.6 Å². The van der Waals surface area contributed by atoms with Gasteiger partial charge in [-0.25, -0.2) is 0 Å². The first kappa shape index (κ1) is 15.7. The average Bonchev–Trinajstić information content (AvgIpc) is 2.32. The number of carbonyl (C=O) groups excluding carboxylic acids is 1. The second-order valence-corrected chi connectivity index (χ2v) is 6.19. The van der Waals surface area contributed by atoms with E-state index >= 15 is 0 Å². The van der Waals surface area contributed by atoms with Crippen LogP contribution in [0.5, 0.6) is 0 Å². The van der Waals surface area contributed by atoms with E-state index in [9.17, 15) is 9.00 Å². The van der Waals surface area contributed by atoms with E-state index in [4.69, 9.17) is 5.73 Å². The lowest BCUT2D eigenvalue weighted by molar-refractivity contribution is -0.119. The first-order valence-corrected chi connectivity index (χ1v) is 7.79. The summed E-state index contributed by atoms with van der Waals surface area (Å²) in [6.45, 7) is 5.89. The second kappa shape index (κ2) is 7.28. The van der Waals surface area contributed by atoms with Gasteiger partial charge >= 0.3 is 0 Å². The van der Waals surface area contributed by atoms with Crippen LogP contribution < -0.4 is 11.1 Å². The Hall–Kier alpha value is -1.36. The Kier molecular flexibility index (Phi) is 6.02. The predicted molar refractivity (Wildman–Crippen MR) is 79.4 cm³/mol. The lowest BCUT2D eigenvalue weighted by Crippen LogP contribution is -2.35. The molecule has 0 radical (unpaired) electrons. The maximum Gasteiger partial charge on any atom is 0.233 e. The van der Waals surface area contributed by atoms with Crippen molar-refractivity contribution in [3.8, 4) is 0 Å². The van der Waals surface area contributed by atoms with E-state index in [-0.39, 0.29) is 17.7 Å². The molecule has 0 saturated carbocycles. The van der Waals surface area contributed by atoms with E-state index in [2.05, 4.69) is 12.2 Å². The maximum atomic E-state index is 12.2. The fraction of sp³-hybridized carbons (Fsp3) is 0.500. The third-order valence-corrected chi connectivity index (χ3v) is 4.30. The van der Waals surface area contributed by atoms with Crippen LogP contribution in [0, 0.1) is 6.92 Å². The normalized spacial score (nSPS) is 13.8. The highest BCUT2D eigenvalue weighted by Gasteiger charge is 2.14. The van der Waals surface area contributed by atoms with Gasteiger partial charge in [0.1, 0.15) is 5.75 Å². The zero-order valence-electron chi connectivity index (χ0n) is 11.7. The second-order valence-electron chi connectivity index (χ2n) is 4.77. The van der Waals surface area contributed by atoms with Gasteiger partial charge in [-0.1, -0.05) is 19.4 Å². The van der Waals surface area contributed by atoms with Crippen molar-refractivity contribution >= 4 is 22.4 Å². The molecule has 0 aliphatic carbocycles. The minimum atomic E-state index is -1.35. The molecule has 3 N–H and O–H groups in total. The van der Waals surface area contributed by atoms with Crippen LogP contribution in [0.4, 0.5) is 5.69 Å². The van der Waals surface area contributed by atoms with Gasteiger partial charge in [-0.15, -0.1) is 0 Å². The van der Waals surface area contributed by atoms with Crippen molar-refractivity contribution < 1.29 is 9.00 Å². The van der Waals surface area contributed by atoms with Crippen LogP contribution in [0.1, 0.15) is 32.3 Å². The quantitative estimate of drug-likeness (QED) is 0.784. The highest BCUT2D eigenvalue weighted by atomic mass is 32.2. The summed E-state index contributed by atoms with van der Waals surface area (Å²) in [5.74, 6) is -0.195. The molecule has 0 aliphatic rings. The van der Waals surface area contributed by atoms with Gasteiger partial charge in [-0.2, -0.15) is 0 Å². The topological polar surface area (TPSA) is 72.2 Å². The van der Waals surface area contributed by atoms with Crippen LogP contribution in [0.2, 0.25) is 0 Å². The molecule has 1 aromatic carbocycles. The van der Waals surface area contributed by atoms with Gasteiger partial charge in [-0.05, 0) is 38.0 Å². The van der Waals surface area contributed by atoms with Gasteiger partial charge in [0.05, 0.1) is 10.8 Å². The van der Waals surface area contributed by atoms with E-state index in [1.165, 1.54) is 0 Å². The number of hydrogen-bond donors (Lipinski definition) is 2. The SMILES string of the molecule is CCCC(C)NC(=O)CS(=O)c1cc(N)ccc1C. The highest BCUT2D eigenvalue weighted by molar-refractivity contribution is 7.85. The first-order valence-electron chi connectivity index (χ1n) is 6.48. The molecule has 5 heteroatoms. The Morgan fingerprint density at radius 2 is 2.16 bits per heavy atom. The fourth-order valence-corrected chi connectivity index (χ4v) is 3.05. The van der Waals surface area contributed by atoms with E-state index in [1.807, 2.05) is 19.9 Å². The molecule has 19 heavy (non-hydrogen) atoms. The molecule has 4 nitrogen and oxygen atoms in total. The summed E-state index contributed by atoms with van der Waals surface area (Å²) in [5.41, 5.74) is 7.14. The van der Waals surface area contributed by atoms with Crippen molar-refractivity contribution in [2.45, 2.75) is 44.6 Å². The van der Waals surface area contributed by atoms with Crippen LogP contribution in [0.25, 0.3) is 0 Å². The van der Waals surface area contributed by atoms with Gasteiger partial charge in [0.2, 0.25) is 5.91 Å². The van der Waals surface area contributed by atoms with Crippen LogP contribution in [0.3, 0.4) is 0 Å². The lowest BCUT2D eigenvalue weighted by Gasteiger charge is -2.13. The van der Waals surface area contributed by atoms with E-state index in [0.717, 1.165) is 18.4 Å². The van der Waals surface area contributed by atoms with Crippen LogP contribution in [-0.4, -0.2) is 21.9 Å². The highest BCUT2D eigenvalue weighted by Crippen LogP contribution is 2.16. The summed E-state index contributed by atoms with van der Waals surface area (Å²) < 4.78 is 12.2. The Bertz CT molecular complexity index is 475. The van der Waals surface area contributed by atoms with Crippen LogP contribution in [0.15, 0.2) is 23.1 Å². The number of amides is 1. The summed E-state index contributed by atoms with van der Waals surface area (Å²) in [5, 5.41) is 2.85. The molecule has 0 fully saturated rings. The fourth-order valence-electron chi connectivity index (χ4n) is 1.88. The molecule has 0 spiro atoms. The Morgan fingerprint density at radius 3 is 2.79 bits per heavy atom. The van der Waals surface area contributed by atoms with Gasteiger partial charge < -0.3 is 11.1 Å². The number of rotatable bonds is 6. The standard InChI is InChI=1S/C14H22N2O2S/c1-4-5-11(3)16-14(17)9-19(18)13-8-12(15)7-6-10(13)2/h6-8,11H,4-5,9,15H2,1-3H3,(H,16,17). The number of aryl methyl sites for hydroxylation is 1. The van der Waals surface area contributed by atoms with Crippen molar-refractivity contribution in [2.75, 3.05) is 11.5 Å². The Labute approximate surface area is 117 Å². The number of nitrogens with two attached hydrogens (primary N) is 1. The molecule has 1 rings (SSSR count). The zero-order chi connectivity index (χ0) is 14.4. The molecule has 2 unspecified atom stereocenters. The summed E-state index contributed by atoms with van der Waals surface area (Å²) in [6.07, 6.45) is 1.94. The summed E-state index contributed by atoms with van der Waals surface area (Å²) in [7, 11) is -1.35. The summed E-state index contributed by atoms with van der Waals surface area (Å²) in [4.78, 5) is 12.4. The molecule has 0 aromatic heterocycles. The molecular weight excluding hydrogens is 260 g/mol. The number of nitrogens with one attached hydrogen (secondary N) is 1. The molecule has 1 aromatic rings. The Morgan fingerprint density at radius 1 is 1.47 bits per heavy atom. The van der Waals surface area contributed by atoms with E-state index in [1.54, 1.807) is 12.1 Å². The van der Waals surface area contributed by atoms with Crippen molar-refractivity contribution in [2.24, 2.45) is 0 Å². The van der Waals surface area contributed by atoms with Gasteiger partial charge in [0.15, 0.2) is 0 Å². The van der Waals surface area contributed by atoms with Crippen LogP contribution >= 0.6 is 0 Å². The molecule has 0 bridgehead atoms. The van der Waals surface area contributed by atoms with Gasteiger partial charge in [0, 0.05) is 16.6 Å². The smallest absolute Gasteiger partial charge is 0.233 e. The van der Waals surface area contributed by atoms with Crippen molar-refractivity contribution in [3.05, 3.63) is 23.8 Å². The number of hydrogen-bond acceptors (Lipinski definition) is 3. The molecule has 1 amide bonds. The molecule has 106 valence electrons. The van der Waals surface area contributed by atoms with Gasteiger partial charge in [-0.3, -0.25) is 9.00 Å². The van der Waals surface area contributed by atoms with E-state index < -0.39 is 10.8 Å². The van der Waals surface area contributed by atoms with Crippen molar-refractivity contribution in [3.63, 3.8) is 0 Å². The number of anilines is 1. The van der Waals surface area contributed by atoms with Crippen LogP contribution in [-0.2, 0) is 15.6 Å². The summed E-state index contributed by atoms with van der Waals surface area (Å²) in [6, 6.07) is 5.38. The lowest BCUT2D eigenvalue weighted by atomic mass is 10.2. The maximum absolute atomic E-state index is 12.2. The summed E-state index contributed by atoms with van der Waals surface area (Å²) >= 11 is 0. The Balaban J connectivity index is 2.64. The minimum absolute atomic E-state index is 0.0155. The first-order chi connectivity index (χ1) is 8.93. The third kappa shape index (κ3) is 5.03. The van der Waals surface area contributed by atoms with Gasteiger partial charge in [0.25, 0.3) is 0 Å². The average molecular weight is 282 g/mol. The molecule has 0 saturated heterocycles. The molecular formula is C14H22N2O2S. The third-order valence-electron chi connectivity index (χ3n) is 2.85. The number of carbonyl (C=O) groups is 1. The monoisotopic (exact) mass is 282 g/mol. The molecule has 0 heterocycles. The largest absolute Gasteiger partial charge is 0.399 e. The number of nitrogen functional groups attached to an aromatic ring is 1. The number of benzene rings is 1. The predicted octanol–water partition coefficient (Wildman–Crippen LogP) is 1.99. The molecule has 0 aliphatic heterocycles. The zero-order valence-corrected chi connectivity index (χ0v) is 12.5. The molecule has 2 atom stereocenters. The van der Waals surface area contributed by atoms with Crippen molar-refractivity contribution in [1.82, 2.24) is 5.32 Å². The minimum Gasteiger partial charge on any atom is -0.399 e.